The van der Waals surface area contributed by atoms with Crippen LogP contribution < -0.4 is 0 Å². The van der Waals surface area contributed by atoms with Crippen molar-refractivity contribution < 1.29 is 14.3 Å². The molecule has 0 unspecified atom stereocenters. The predicted octanol–water partition coefficient (Wildman–Crippen LogP) is 2.66. The van der Waals surface area contributed by atoms with Crippen LogP contribution in [0, 0.1) is 0 Å². The topological polar surface area (TPSA) is 51.1 Å². The van der Waals surface area contributed by atoms with Gasteiger partial charge in [-0.25, -0.2) is 4.79 Å². The summed E-state index contributed by atoms with van der Waals surface area (Å²) in [5.74, 6) is 0. The first-order valence-corrected chi connectivity index (χ1v) is 5.86. The number of hydrogen-bond donors (Lipinski definition) is 0. The molecule has 5 heteroatoms. The Bertz CT molecular complexity index is 265. The number of nitrogens with zero attached hydrogens (tertiary/aromatic N) is 2. The van der Waals surface area contributed by atoms with Gasteiger partial charge in [0.2, 0.25) is 0 Å². The Morgan fingerprint density at radius 2 is 1.88 bits per heavy atom. The summed E-state index contributed by atoms with van der Waals surface area (Å²) in [6.07, 6.45) is -0.446. The molecule has 0 aliphatic rings. The summed E-state index contributed by atoms with van der Waals surface area (Å²) in [4.78, 5) is 11.8. The lowest BCUT2D eigenvalue weighted by Gasteiger charge is -2.24. The van der Waals surface area contributed by atoms with Gasteiger partial charge in [-0.15, -0.1) is 0 Å². The normalized spacial score (nSPS) is 10.9. The lowest BCUT2D eigenvalue weighted by molar-refractivity contribution is 0.0187. The standard InChI is InChI=1S/C12H24N2O3/c1-7-16-9-8-14(13-10(2)3)11(15)17-12(4,5)6/h7-9H2,1-6H3. The van der Waals surface area contributed by atoms with Crippen LogP contribution in [0.15, 0.2) is 5.10 Å². The molecule has 0 aliphatic carbocycles. The quantitative estimate of drug-likeness (QED) is 0.424. The number of hydrazone groups is 1. The fourth-order valence-electron chi connectivity index (χ4n) is 1.03. The van der Waals surface area contributed by atoms with Gasteiger partial charge >= 0.3 is 6.09 Å². The molecule has 0 heterocycles. The van der Waals surface area contributed by atoms with E-state index in [1.165, 1.54) is 5.01 Å². The van der Waals surface area contributed by atoms with Gasteiger partial charge in [0.1, 0.15) is 5.60 Å². The fraction of sp³-hybridized carbons (Fsp3) is 0.833. The summed E-state index contributed by atoms with van der Waals surface area (Å²) in [6, 6.07) is 0. The zero-order valence-electron chi connectivity index (χ0n) is 11.7. The second-order valence-electron chi connectivity index (χ2n) is 4.85. The van der Waals surface area contributed by atoms with Gasteiger partial charge in [-0.2, -0.15) is 10.1 Å². The molecule has 17 heavy (non-hydrogen) atoms. The van der Waals surface area contributed by atoms with Gasteiger partial charge in [-0.05, 0) is 41.5 Å². The minimum atomic E-state index is -0.516. The molecule has 0 N–H and O–H groups in total. The average molecular weight is 244 g/mol. The van der Waals surface area contributed by atoms with Crippen LogP contribution in [0.4, 0.5) is 4.79 Å². The first-order chi connectivity index (χ1) is 7.76. The third kappa shape index (κ3) is 8.68. The molecular formula is C12H24N2O3. The van der Waals surface area contributed by atoms with Gasteiger partial charge in [0.15, 0.2) is 0 Å². The van der Waals surface area contributed by atoms with Crippen molar-refractivity contribution >= 4 is 11.8 Å². The highest BCUT2D eigenvalue weighted by molar-refractivity contribution is 5.80. The van der Waals surface area contributed by atoms with Gasteiger partial charge in [-0.3, -0.25) is 0 Å². The van der Waals surface area contributed by atoms with Crippen molar-refractivity contribution in [2.24, 2.45) is 5.10 Å². The Morgan fingerprint density at radius 3 is 2.29 bits per heavy atom. The van der Waals surface area contributed by atoms with Crippen LogP contribution in [0.3, 0.4) is 0 Å². The predicted molar refractivity (Wildman–Crippen MR) is 68.2 cm³/mol. The second-order valence-corrected chi connectivity index (χ2v) is 4.85. The number of rotatable bonds is 5. The summed E-state index contributed by atoms with van der Waals surface area (Å²) in [6.45, 7) is 12.5. The number of carbonyl (C=O) groups is 1. The SMILES string of the molecule is CCOCCN(N=C(C)C)C(=O)OC(C)(C)C. The zero-order valence-corrected chi connectivity index (χ0v) is 11.7. The van der Waals surface area contributed by atoms with Crippen molar-refractivity contribution in [1.29, 1.82) is 0 Å². The molecule has 0 aromatic carbocycles. The molecule has 0 spiro atoms. The number of amides is 1. The van der Waals surface area contributed by atoms with Crippen molar-refractivity contribution in [1.82, 2.24) is 5.01 Å². The Labute approximate surface area is 104 Å². The van der Waals surface area contributed by atoms with Crippen LogP contribution in [0.5, 0.6) is 0 Å². The maximum atomic E-state index is 11.8. The van der Waals surface area contributed by atoms with Crippen molar-refractivity contribution in [2.45, 2.75) is 47.1 Å². The molecule has 0 saturated carbocycles. The van der Waals surface area contributed by atoms with Crippen molar-refractivity contribution in [3.63, 3.8) is 0 Å². The molecule has 5 nitrogen and oxygen atoms in total. The smallest absolute Gasteiger partial charge is 0.430 e. The number of ether oxygens (including phenoxy) is 2. The summed E-state index contributed by atoms with van der Waals surface area (Å²) in [7, 11) is 0. The summed E-state index contributed by atoms with van der Waals surface area (Å²) >= 11 is 0. The third-order valence-electron chi connectivity index (χ3n) is 1.58. The van der Waals surface area contributed by atoms with E-state index < -0.39 is 11.7 Å². The Hall–Kier alpha value is -1.10. The first-order valence-electron chi connectivity index (χ1n) is 5.86. The fourth-order valence-corrected chi connectivity index (χ4v) is 1.03. The molecule has 100 valence electrons. The highest BCUT2D eigenvalue weighted by Gasteiger charge is 2.21. The van der Waals surface area contributed by atoms with E-state index in [-0.39, 0.29) is 0 Å². The summed E-state index contributed by atoms with van der Waals surface area (Å²) in [5.41, 5.74) is 0.283. The highest BCUT2D eigenvalue weighted by Crippen LogP contribution is 2.10. The number of carbonyl (C=O) groups excluding carboxylic acids is 1. The van der Waals surface area contributed by atoms with E-state index in [4.69, 9.17) is 9.47 Å². The highest BCUT2D eigenvalue weighted by atomic mass is 16.6. The van der Waals surface area contributed by atoms with Crippen LogP contribution in [-0.2, 0) is 9.47 Å². The maximum absolute atomic E-state index is 11.8. The lowest BCUT2D eigenvalue weighted by atomic mass is 10.2. The largest absolute Gasteiger partial charge is 0.442 e. The van der Waals surface area contributed by atoms with E-state index in [0.717, 1.165) is 5.71 Å². The molecule has 0 aromatic rings. The molecule has 0 bridgehead atoms. The van der Waals surface area contributed by atoms with Gasteiger partial charge in [0.25, 0.3) is 0 Å². The minimum absolute atomic E-state index is 0.397. The van der Waals surface area contributed by atoms with Gasteiger partial charge in [-0.1, -0.05) is 0 Å². The molecular weight excluding hydrogens is 220 g/mol. The molecule has 0 fully saturated rings. The maximum Gasteiger partial charge on any atom is 0.430 e. The van der Waals surface area contributed by atoms with E-state index in [9.17, 15) is 4.79 Å². The molecule has 0 radical (unpaired) electrons. The first kappa shape index (κ1) is 15.9. The summed E-state index contributed by atoms with van der Waals surface area (Å²) in [5, 5.41) is 5.43. The van der Waals surface area contributed by atoms with E-state index in [1.54, 1.807) is 0 Å². The third-order valence-corrected chi connectivity index (χ3v) is 1.58. The molecule has 0 aliphatic heterocycles. The molecule has 1 amide bonds. The summed E-state index contributed by atoms with van der Waals surface area (Å²) < 4.78 is 10.5. The Morgan fingerprint density at radius 1 is 1.29 bits per heavy atom. The minimum Gasteiger partial charge on any atom is -0.442 e. The Balaban J connectivity index is 4.46. The van der Waals surface area contributed by atoms with E-state index in [0.29, 0.717) is 19.8 Å². The zero-order chi connectivity index (χ0) is 13.5. The van der Waals surface area contributed by atoms with Crippen molar-refractivity contribution in [3.05, 3.63) is 0 Å². The Kier molecular flexibility index (Phi) is 6.80. The van der Waals surface area contributed by atoms with Crippen LogP contribution in [0.25, 0.3) is 0 Å². The van der Waals surface area contributed by atoms with Crippen LogP contribution in [-0.4, -0.2) is 42.2 Å². The van der Waals surface area contributed by atoms with E-state index >= 15 is 0 Å². The molecule has 0 atom stereocenters. The van der Waals surface area contributed by atoms with Gasteiger partial charge < -0.3 is 9.47 Å². The number of hydrogen-bond acceptors (Lipinski definition) is 4. The van der Waals surface area contributed by atoms with Crippen molar-refractivity contribution in [3.8, 4) is 0 Å². The molecule has 0 rings (SSSR count). The van der Waals surface area contributed by atoms with Crippen LogP contribution in [0.1, 0.15) is 41.5 Å². The molecule has 0 saturated heterocycles. The van der Waals surface area contributed by atoms with Crippen LogP contribution >= 0.6 is 0 Å². The van der Waals surface area contributed by atoms with Crippen molar-refractivity contribution in [2.75, 3.05) is 19.8 Å². The second kappa shape index (κ2) is 7.27. The van der Waals surface area contributed by atoms with Gasteiger partial charge in [0.05, 0.1) is 13.2 Å². The lowest BCUT2D eigenvalue weighted by Crippen LogP contribution is -2.36. The molecule has 0 aromatic heterocycles. The van der Waals surface area contributed by atoms with Gasteiger partial charge in [0, 0.05) is 12.3 Å². The average Bonchev–Trinajstić information content (AvgIpc) is 2.13. The monoisotopic (exact) mass is 244 g/mol. The van der Waals surface area contributed by atoms with E-state index in [2.05, 4.69) is 5.10 Å². The van der Waals surface area contributed by atoms with Crippen LogP contribution in [0.2, 0.25) is 0 Å². The van der Waals surface area contributed by atoms with E-state index in [1.807, 2.05) is 41.5 Å².